The van der Waals surface area contributed by atoms with Gasteiger partial charge in [0, 0.05) is 61.2 Å². The Bertz CT molecular complexity index is 1420. The number of fused-ring (bicyclic) bond motifs is 6. The van der Waals surface area contributed by atoms with Crippen LogP contribution in [0.1, 0.15) is 18.1 Å². The van der Waals surface area contributed by atoms with Crippen LogP contribution in [0.5, 0.6) is 11.5 Å². The lowest BCUT2D eigenvalue weighted by Gasteiger charge is -2.40. The minimum Gasteiger partial charge on any atom is -0.456 e. The number of hydrogen-bond acceptors (Lipinski definition) is 5. The maximum Gasteiger partial charge on any atom is 0.314 e. The summed E-state index contributed by atoms with van der Waals surface area (Å²) < 4.78 is 12.9. The van der Waals surface area contributed by atoms with Crippen molar-refractivity contribution in [2.24, 2.45) is 11.8 Å². The largest absolute Gasteiger partial charge is 0.456 e. The van der Waals surface area contributed by atoms with Crippen LogP contribution >= 0.6 is 11.6 Å². The van der Waals surface area contributed by atoms with Gasteiger partial charge in [-0.1, -0.05) is 54.1 Å². The molecule has 0 saturated carbocycles. The molecule has 36 heavy (non-hydrogen) atoms. The van der Waals surface area contributed by atoms with Crippen molar-refractivity contribution in [3.8, 4) is 11.5 Å². The lowest BCUT2D eigenvalue weighted by Crippen LogP contribution is -2.38. The maximum atomic E-state index is 13.2. The predicted molar refractivity (Wildman–Crippen MR) is 144 cm³/mol. The number of halogens is 1. The number of allylic oxidation sites excluding steroid dienone is 2. The highest BCUT2D eigenvalue weighted by molar-refractivity contribution is 6.33. The summed E-state index contributed by atoms with van der Waals surface area (Å²) in [6, 6.07) is 20.0. The fourth-order valence-corrected chi connectivity index (χ4v) is 5.82. The zero-order chi connectivity index (χ0) is 25.0. The molecule has 0 radical (unpaired) electrons. The molecular weight excluding hydrogens is 472 g/mol. The van der Waals surface area contributed by atoms with E-state index in [1.165, 1.54) is 0 Å². The quantitative estimate of drug-likeness (QED) is 0.369. The summed E-state index contributed by atoms with van der Waals surface area (Å²) in [7, 11) is 4.02. The van der Waals surface area contributed by atoms with E-state index >= 15 is 0 Å². The molecule has 3 aromatic rings. The van der Waals surface area contributed by atoms with Gasteiger partial charge in [-0.3, -0.25) is 4.79 Å². The van der Waals surface area contributed by atoms with Crippen molar-refractivity contribution in [3.63, 3.8) is 0 Å². The van der Waals surface area contributed by atoms with Crippen LogP contribution in [0.2, 0.25) is 5.02 Å². The monoisotopic (exact) mass is 498 g/mol. The van der Waals surface area contributed by atoms with E-state index in [0.29, 0.717) is 16.5 Å². The molecule has 6 rings (SSSR count). The van der Waals surface area contributed by atoms with Gasteiger partial charge in [0.05, 0.1) is 16.6 Å². The van der Waals surface area contributed by atoms with E-state index in [1.807, 2.05) is 91.8 Å². The molecule has 3 aliphatic rings. The minimum absolute atomic E-state index is 0.206. The van der Waals surface area contributed by atoms with E-state index in [9.17, 15) is 4.79 Å². The first-order valence-corrected chi connectivity index (χ1v) is 12.6. The van der Waals surface area contributed by atoms with Crippen LogP contribution in [0.3, 0.4) is 0 Å². The Hall–Kier alpha value is -3.70. The summed E-state index contributed by atoms with van der Waals surface area (Å²) in [5, 5.41) is 0.556. The smallest absolute Gasteiger partial charge is 0.314 e. The van der Waals surface area contributed by atoms with Crippen molar-refractivity contribution in [2.45, 2.75) is 12.5 Å². The molecule has 1 fully saturated rings. The standard InChI is InChI=1S/C30H27ClN2O3/c1-4-32(2)20-14-15-23-27(16-20)35-28-18-25(31)26(33(3)19-10-6-5-7-11-19)17-24(28)30(23)22-13-9-8-12-21(22)29(34)36-30/h5-18,21-22H,4H2,1-3H3. The number of esters is 1. The van der Waals surface area contributed by atoms with Crippen LogP contribution in [0, 0.1) is 11.8 Å². The summed E-state index contributed by atoms with van der Waals surface area (Å²) >= 11 is 6.84. The van der Waals surface area contributed by atoms with Crippen molar-refractivity contribution in [3.05, 3.63) is 101 Å². The summed E-state index contributed by atoms with van der Waals surface area (Å²) in [5.41, 5.74) is 3.46. The number of carbonyl (C=O) groups excluding carboxylic acids is 1. The molecule has 1 spiro atoms. The van der Waals surface area contributed by atoms with Crippen LogP contribution in [0.4, 0.5) is 17.1 Å². The van der Waals surface area contributed by atoms with Crippen LogP contribution in [0.25, 0.3) is 0 Å². The summed E-state index contributed by atoms with van der Waals surface area (Å²) in [5.74, 6) is 0.476. The van der Waals surface area contributed by atoms with Gasteiger partial charge in [0.2, 0.25) is 0 Å². The van der Waals surface area contributed by atoms with Crippen LogP contribution in [0.15, 0.2) is 85.0 Å². The Kier molecular flexibility index (Phi) is 5.34. The molecule has 3 unspecified atom stereocenters. The maximum absolute atomic E-state index is 13.2. The lowest BCUT2D eigenvalue weighted by atomic mass is 9.70. The van der Waals surface area contributed by atoms with Gasteiger partial charge in [-0.2, -0.15) is 0 Å². The molecule has 2 aliphatic heterocycles. The second-order valence-electron chi connectivity index (χ2n) is 9.47. The van der Waals surface area contributed by atoms with Crippen molar-refractivity contribution in [2.75, 3.05) is 30.4 Å². The Morgan fingerprint density at radius 2 is 1.67 bits per heavy atom. The van der Waals surface area contributed by atoms with E-state index in [1.54, 1.807) is 0 Å². The van der Waals surface area contributed by atoms with E-state index in [0.717, 1.165) is 34.7 Å². The first-order valence-electron chi connectivity index (χ1n) is 12.2. The summed E-state index contributed by atoms with van der Waals surface area (Å²) in [6.45, 7) is 2.96. The number of hydrogen-bond donors (Lipinski definition) is 0. The number of ether oxygens (including phenoxy) is 2. The number of benzene rings is 3. The van der Waals surface area contributed by atoms with Gasteiger partial charge in [-0.05, 0) is 37.3 Å². The second-order valence-corrected chi connectivity index (χ2v) is 9.88. The number of rotatable bonds is 4. The Morgan fingerprint density at radius 3 is 2.44 bits per heavy atom. The first-order chi connectivity index (χ1) is 17.4. The molecule has 3 atom stereocenters. The van der Waals surface area contributed by atoms with Crippen molar-refractivity contribution in [1.29, 1.82) is 0 Å². The minimum atomic E-state index is -1.02. The van der Waals surface area contributed by atoms with Gasteiger partial charge in [0.1, 0.15) is 11.5 Å². The number of anilines is 3. The highest BCUT2D eigenvalue weighted by atomic mass is 35.5. The molecule has 2 heterocycles. The third-order valence-corrected chi connectivity index (χ3v) is 7.90. The van der Waals surface area contributed by atoms with Crippen molar-refractivity contribution < 1.29 is 14.3 Å². The molecule has 5 nitrogen and oxygen atoms in total. The Balaban J connectivity index is 1.58. The Morgan fingerprint density at radius 1 is 0.917 bits per heavy atom. The number of para-hydroxylation sites is 1. The SMILES string of the molecule is CCN(C)c1ccc2c(c1)Oc1cc(Cl)c(N(C)c3ccccc3)cc1C21OC(=O)C2C=CC=CC21. The molecule has 0 amide bonds. The Labute approximate surface area is 216 Å². The normalized spacial score (nSPS) is 22.9. The molecule has 1 saturated heterocycles. The molecule has 6 heteroatoms. The van der Waals surface area contributed by atoms with Gasteiger partial charge < -0.3 is 19.3 Å². The van der Waals surface area contributed by atoms with Gasteiger partial charge in [0.15, 0.2) is 5.60 Å². The van der Waals surface area contributed by atoms with E-state index in [2.05, 4.69) is 24.0 Å². The van der Waals surface area contributed by atoms with Gasteiger partial charge in [-0.15, -0.1) is 0 Å². The molecule has 0 bridgehead atoms. The van der Waals surface area contributed by atoms with Crippen LogP contribution in [-0.4, -0.2) is 26.6 Å². The van der Waals surface area contributed by atoms with Crippen molar-refractivity contribution >= 4 is 34.6 Å². The highest BCUT2D eigenvalue weighted by Crippen LogP contribution is 2.60. The first kappa shape index (κ1) is 22.7. The van der Waals surface area contributed by atoms with Gasteiger partial charge in [0.25, 0.3) is 0 Å². The average Bonchev–Trinajstić information content (AvgIpc) is 3.20. The fourth-order valence-electron chi connectivity index (χ4n) is 5.54. The van der Waals surface area contributed by atoms with Crippen LogP contribution < -0.4 is 14.5 Å². The fraction of sp³-hybridized carbons (Fsp3) is 0.233. The topological polar surface area (TPSA) is 42.0 Å². The number of carbonyl (C=O) groups is 1. The van der Waals surface area contributed by atoms with Gasteiger partial charge >= 0.3 is 5.97 Å². The van der Waals surface area contributed by atoms with E-state index < -0.39 is 5.60 Å². The van der Waals surface area contributed by atoms with Gasteiger partial charge in [-0.25, -0.2) is 0 Å². The van der Waals surface area contributed by atoms with E-state index in [-0.39, 0.29) is 17.8 Å². The van der Waals surface area contributed by atoms with Crippen molar-refractivity contribution in [1.82, 2.24) is 0 Å². The summed E-state index contributed by atoms with van der Waals surface area (Å²) in [6.07, 6.45) is 7.92. The zero-order valence-corrected chi connectivity index (χ0v) is 21.2. The highest BCUT2D eigenvalue weighted by Gasteiger charge is 2.60. The summed E-state index contributed by atoms with van der Waals surface area (Å²) in [4.78, 5) is 17.4. The third kappa shape index (κ3) is 3.26. The second kappa shape index (κ2) is 8.45. The molecule has 3 aromatic carbocycles. The lowest BCUT2D eigenvalue weighted by molar-refractivity contribution is -0.148. The van der Waals surface area contributed by atoms with Crippen LogP contribution in [-0.2, 0) is 15.1 Å². The third-order valence-electron chi connectivity index (χ3n) is 7.59. The predicted octanol–water partition coefficient (Wildman–Crippen LogP) is 6.83. The molecular formula is C30H27ClN2O3. The molecule has 182 valence electrons. The molecule has 0 aromatic heterocycles. The zero-order valence-electron chi connectivity index (χ0n) is 20.4. The molecule has 0 N–H and O–H groups in total. The number of nitrogens with zero attached hydrogens (tertiary/aromatic N) is 2. The van der Waals surface area contributed by atoms with E-state index in [4.69, 9.17) is 21.1 Å². The average molecular weight is 499 g/mol. The molecule has 1 aliphatic carbocycles.